The molecule has 6 aromatic carbocycles. The summed E-state index contributed by atoms with van der Waals surface area (Å²) in [6.45, 7) is 0. The number of hydrogen-bond acceptors (Lipinski definition) is 6. The van der Waals surface area contributed by atoms with Crippen LogP contribution in [0.1, 0.15) is 11.1 Å². The first-order valence-corrected chi connectivity index (χ1v) is 16.2. The highest BCUT2D eigenvalue weighted by Crippen LogP contribution is 2.40. The third-order valence-electron chi connectivity index (χ3n) is 8.77. The molecule has 2 aromatic heterocycles. The number of aromatic nitrogens is 3. The quantitative estimate of drug-likeness (QED) is 0.205. The highest BCUT2D eigenvalue weighted by molar-refractivity contribution is 7.25. The fourth-order valence-electron chi connectivity index (χ4n) is 6.47. The van der Waals surface area contributed by atoms with Crippen LogP contribution in [0, 0.1) is 10.8 Å². The van der Waals surface area contributed by atoms with Crippen molar-refractivity contribution in [1.29, 1.82) is 10.8 Å². The number of rotatable bonds is 4. The van der Waals surface area contributed by atoms with Crippen LogP contribution in [0.25, 0.3) is 82.3 Å². The molecule has 2 heterocycles. The predicted octanol–water partition coefficient (Wildman–Crippen LogP) is 10.5. The molecule has 9 rings (SSSR count). The SMILES string of the molecule is N=C1C=Cc2ccc3ccc(-c4nc(-c5cccc(-c6ccccc6)c5)nc(-c5cccc6sc7ccccc7c56)n4)cc3c2C1=N. The summed E-state index contributed by atoms with van der Waals surface area (Å²) in [6.07, 6.45) is 3.59. The minimum Gasteiger partial charge on any atom is -0.299 e. The van der Waals surface area contributed by atoms with Gasteiger partial charge in [0.1, 0.15) is 0 Å². The maximum Gasteiger partial charge on any atom is 0.164 e. The minimum atomic E-state index is 0.203. The smallest absolute Gasteiger partial charge is 0.164 e. The van der Waals surface area contributed by atoms with Gasteiger partial charge < -0.3 is 0 Å². The Balaban J connectivity index is 1.29. The van der Waals surface area contributed by atoms with E-state index >= 15 is 0 Å². The Morgan fingerprint density at radius 2 is 1.17 bits per heavy atom. The van der Waals surface area contributed by atoms with E-state index in [4.69, 9.17) is 25.8 Å². The summed E-state index contributed by atoms with van der Waals surface area (Å²) in [5.41, 5.74) is 7.01. The highest BCUT2D eigenvalue weighted by atomic mass is 32.1. The normalized spacial score (nSPS) is 12.7. The van der Waals surface area contributed by atoms with Gasteiger partial charge in [0, 0.05) is 42.4 Å². The molecule has 8 aromatic rings. The van der Waals surface area contributed by atoms with Crippen molar-refractivity contribution in [2.24, 2.45) is 0 Å². The van der Waals surface area contributed by atoms with Gasteiger partial charge in [-0.2, -0.15) is 0 Å². The zero-order valence-electron chi connectivity index (χ0n) is 25.0. The van der Waals surface area contributed by atoms with Gasteiger partial charge in [0.05, 0.1) is 11.4 Å². The van der Waals surface area contributed by atoms with E-state index in [9.17, 15) is 0 Å². The molecule has 0 atom stereocenters. The molecule has 0 amide bonds. The first kappa shape index (κ1) is 27.2. The van der Waals surface area contributed by atoms with E-state index < -0.39 is 0 Å². The minimum absolute atomic E-state index is 0.203. The molecule has 0 unspecified atom stereocenters. The average molecular weight is 620 g/mol. The van der Waals surface area contributed by atoms with Crippen LogP contribution in [0.2, 0.25) is 0 Å². The number of thiophene rings is 1. The Bertz CT molecular complexity index is 2620. The standard InChI is InChI=1S/C41H25N5S/c42-33-21-20-26-18-16-25-17-19-29(23-32(25)36(26)38(33)43)40-44-39(28-11-6-10-27(22-28)24-8-2-1-3-9-24)45-41(46-40)31-13-7-15-35-37(31)30-12-4-5-14-34(30)47-35/h1-23,42-43H. The van der Waals surface area contributed by atoms with Crippen molar-refractivity contribution in [2.45, 2.75) is 0 Å². The molecule has 0 fully saturated rings. The number of nitrogens with one attached hydrogen (secondary N) is 2. The Morgan fingerprint density at radius 1 is 0.489 bits per heavy atom. The van der Waals surface area contributed by atoms with Gasteiger partial charge in [-0.1, -0.05) is 109 Å². The predicted molar refractivity (Wildman–Crippen MR) is 196 cm³/mol. The molecule has 0 radical (unpaired) electrons. The number of fused-ring (bicyclic) bond motifs is 6. The fourth-order valence-corrected chi connectivity index (χ4v) is 7.60. The molecular formula is C41H25N5S. The van der Waals surface area contributed by atoms with Crippen molar-refractivity contribution in [3.8, 4) is 45.3 Å². The number of benzene rings is 6. The molecule has 6 heteroatoms. The summed E-state index contributed by atoms with van der Waals surface area (Å²) in [4.78, 5) is 15.4. The van der Waals surface area contributed by atoms with Crippen LogP contribution in [-0.2, 0) is 0 Å². The van der Waals surface area contributed by atoms with Crippen LogP contribution < -0.4 is 0 Å². The number of allylic oxidation sites excluding steroid dienone is 1. The van der Waals surface area contributed by atoms with Gasteiger partial charge in [0.2, 0.25) is 0 Å². The van der Waals surface area contributed by atoms with Crippen molar-refractivity contribution >= 4 is 59.8 Å². The third kappa shape index (κ3) is 4.57. The Labute approximate surface area is 274 Å². The lowest BCUT2D eigenvalue weighted by molar-refractivity contribution is 1.08. The van der Waals surface area contributed by atoms with E-state index in [2.05, 4.69) is 78.9 Å². The van der Waals surface area contributed by atoms with Crippen LogP contribution in [0.4, 0.5) is 0 Å². The van der Waals surface area contributed by atoms with Crippen molar-refractivity contribution in [2.75, 3.05) is 0 Å². The van der Waals surface area contributed by atoms with E-state index in [1.807, 2.05) is 54.6 Å². The van der Waals surface area contributed by atoms with E-state index in [1.54, 1.807) is 17.4 Å². The molecule has 220 valence electrons. The summed E-state index contributed by atoms with van der Waals surface area (Å²) >= 11 is 1.77. The molecule has 0 saturated heterocycles. The van der Waals surface area contributed by atoms with Gasteiger partial charge >= 0.3 is 0 Å². The fraction of sp³-hybridized carbons (Fsp3) is 0. The maximum atomic E-state index is 8.73. The summed E-state index contributed by atoms with van der Waals surface area (Å²) < 4.78 is 2.41. The van der Waals surface area contributed by atoms with E-state index in [-0.39, 0.29) is 11.4 Å². The molecular weight excluding hydrogens is 595 g/mol. The topological polar surface area (TPSA) is 86.4 Å². The molecule has 47 heavy (non-hydrogen) atoms. The van der Waals surface area contributed by atoms with Gasteiger partial charge in [-0.15, -0.1) is 11.3 Å². The monoisotopic (exact) mass is 619 g/mol. The van der Waals surface area contributed by atoms with Crippen molar-refractivity contribution in [1.82, 2.24) is 15.0 Å². The van der Waals surface area contributed by atoms with Gasteiger partial charge in [-0.25, -0.2) is 15.0 Å². The van der Waals surface area contributed by atoms with Crippen LogP contribution in [0.5, 0.6) is 0 Å². The Morgan fingerprint density at radius 3 is 2.04 bits per heavy atom. The molecule has 5 nitrogen and oxygen atoms in total. The van der Waals surface area contributed by atoms with Gasteiger partial charge in [-0.05, 0) is 57.8 Å². The van der Waals surface area contributed by atoms with Crippen molar-refractivity contribution in [3.05, 3.63) is 145 Å². The Kier molecular flexibility index (Phi) is 6.23. The van der Waals surface area contributed by atoms with Crippen LogP contribution in [0.3, 0.4) is 0 Å². The van der Waals surface area contributed by atoms with Crippen LogP contribution >= 0.6 is 11.3 Å². The maximum absolute atomic E-state index is 8.73. The zero-order valence-corrected chi connectivity index (χ0v) is 25.8. The average Bonchev–Trinajstić information content (AvgIpc) is 3.52. The van der Waals surface area contributed by atoms with Crippen LogP contribution in [0.15, 0.2) is 133 Å². The van der Waals surface area contributed by atoms with Gasteiger partial charge in [0.25, 0.3) is 0 Å². The van der Waals surface area contributed by atoms with Crippen molar-refractivity contribution < 1.29 is 0 Å². The second-order valence-electron chi connectivity index (χ2n) is 11.6. The summed E-state index contributed by atoms with van der Waals surface area (Å²) in [5.74, 6) is 1.75. The zero-order chi connectivity index (χ0) is 31.5. The van der Waals surface area contributed by atoms with E-state index in [0.717, 1.165) is 55.1 Å². The van der Waals surface area contributed by atoms with E-state index in [0.29, 0.717) is 17.5 Å². The summed E-state index contributed by atoms with van der Waals surface area (Å²) in [5, 5.41) is 21.3. The highest BCUT2D eigenvalue weighted by Gasteiger charge is 2.20. The lowest BCUT2D eigenvalue weighted by Crippen LogP contribution is -2.16. The molecule has 2 N–H and O–H groups in total. The Hall–Kier alpha value is -6.11. The first-order valence-electron chi connectivity index (χ1n) is 15.4. The number of nitrogens with zero attached hydrogens (tertiary/aromatic N) is 3. The molecule has 0 aliphatic heterocycles. The third-order valence-corrected chi connectivity index (χ3v) is 9.90. The summed E-state index contributed by atoms with van der Waals surface area (Å²) in [7, 11) is 0. The van der Waals surface area contributed by atoms with Crippen molar-refractivity contribution in [3.63, 3.8) is 0 Å². The molecule has 0 spiro atoms. The molecule has 0 bridgehead atoms. The molecule has 0 saturated carbocycles. The van der Waals surface area contributed by atoms with Crippen LogP contribution in [-0.4, -0.2) is 26.4 Å². The van der Waals surface area contributed by atoms with Gasteiger partial charge in [0.15, 0.2) is 17.5 Å². The van der Waals surface area contributed by atoms with E-state index in [1.165, 1.54) is 14.8 Å². The molecule has 1 aliphatic rings. The first-order chi connectivity index (χ1) is 23.1. The largest absolute Gasteiger partial charge is 0.299 e. The lowest BCUT2D eigenvalue weighted by Gasteiger charge is -2.16. The second kappa shape index (κ2) is 10.8. The van der Waals surface area contributed by atoms with Gasteiger partial charge in [-0.3, -0.25) is 10.8 Å². The lowest BCUT2D eigenvalue weighted by atomic mass is 9.88. The summed E-state index contributed by atoms with van der Waals surface area (Å²) in [6, 6.07) is 43.7. The molecule has 1 aliphatic carbocycles. The second-order valence-corrected chi connectivity index (χ2v) is 12.7. The number of hydrogen-bond donors (Lipinski definition) is 2.